The lowest BCUT2D eigenvalue weighted by Gasteiger charge is -2.31. The zero-order valence-electron chi connectivity index (χ0n) is 13.6. The Morgan fingerprint density at radius 3 is 2.43 bits per heavy atom. The van der Waals surface area contributed by atoms with E-state index in [0.29, 0.717) is 12.1 Å². The second kappa shape index (κ2) is 6.55. The van der Waals surface area contributed by atoms with E-state index in [0.717, 1.165) is 31.2 Å². The molecule has 1 amide bonds. The zero-order valence-corrected chi connectivity index (χ0v) is 13.6. The maximum Gasteiger partial charge on any atom is 0.251 e. The third kappa shape index (κ3) is 3.30. The minimum Gasteiger partial charge on any atom is -0.343 e. The van der Waals surface area contributed by atoms with E-state index in [9.17, 15) is 4.79 Å². The summed E-state index contributed by atoms with van der Waals surface area (Å²) in [6.07, 6.45) is 4.31. The Kier molecular flexibility index (Phi) is 4.49. The van der Waals surface area contributed by atoms with E-state index >= 15 is 0 Å². The van der Waals surface area contributed by atoms with Crippen molar-refractivity contribution in [1.82, 2.24) is 5.32 Å². The van der Waals surface area contributed by atoms with E-state index < -0.39 is 0 Å². The number of rotatable bonds is 4. The maximum absolute atomic E-state index is 12.7. The normalized spacial score (nSPS) is 16.3. The number of aryl methyl sites for hydroxylation is 1. The van der Waals surface area contributed by atoms with Crippen molar-refractivity contribution < 1.29 is 4.79 Å². The van der Waals surface area contributed by atoms with Gasteiger partial charge in [-0.3, -0.25) is 4.79 Å². The summed E-state index contributed by atoms with van der Waals surface area (Å²) < 4.78 is 0. The molecule has 3 heteroatoms. The van der Waals surface area contributed by atoms with Gasteiger partial charge in [0.05, 0.1) is 5.54 Å². The minimum absolute atomic E-state index is 0.00280. The smallest absolute Gasteiger partial charge is 0.251 e. The summed E-state index contributed by atoms with van der Waals surface area (Å²) >= 11 is 0. The van der Waals surface area contributed by atoms with Gasteiger partial charge in [0, 0.05) is 12.1 Å². The molecule has 1 aliphatic carbocycles. The van der Waals surface area contributed by atoms with Gasteiger partial charge in [-0.2, -0.15) is 0 Å². The van der Waals surface area contributed by atoms with Crippen molar-refractivity contribution in [2.45, 2.75) is 44.7 Å². The van der Waals surface area contributed by atoms with Crippen molar-refractivity contribution in [2.75, 3.05) is 0 Å². The number of nitrogens with one attached hydrogen (secondary N) is 1. The lowest BCUT2D eigenvalue weighted by atomic mass is 9.87. The summed E-state index contributed by atoms with van der Waals surface area (Å²) in [6, 6.07) is 16.1. The molecular weight excluding hydrogens is 284 g/mol. The highest BCUT2D eigenvalue weighted by Crippen LogP contribution is 2.39. The first-order chi connectivity index (χ1) is 11.1. The second-order valence-corrected chi connectivity index (χ2v) is 6.51. The van der Waals surface area contributed by atoms with Gasteiger partial charge in [-0.1, -0.05) is 54.8 Å². The monoisotopic (exact) mass is 308 g/mol. The summed E-state index contributed by atoms with van der Waals surface area (Å²) in [6.45, 7) is 2.59. The van der Waals surface area contributed by atoms with Gasteiger partial charge in [0.25, 0.3) is 5.91 Å². The molecule has 2 aromatic carbocycles. The minimum atomic E-state index is -0.227. The van der Waals surface area contributed by atoms with Crippen molar-refractivity contribution in [3.8, 4) is 0 Å². The Morgan fingerprint density at radius 2 is 1.83 bits per heavy atom. The summed E-state index contributed by atoms with van der Waals surface area (Å²) in [4.78, 5) is 12.7. The summed E-state index contributed by atoms with van der Waals surface area (Å²) in [5.74, 6) is -0.00280. The first kappa shape index (κ1) is 15.8. The molecule has 0 spiro atoms. The Morgan fingerprint density at radius 1 is 1.13 bits per heavy atom. The van der Waals surface area contributed by atoms with Crippen LogP contribution < -0.4 is 11.1 Å². The van der Waals surface area contributed by atoms with Gasteiger partial charge in [-0.05, 0) is 43.0 Å². The molecule has 1 aliphatic rings. The molecule has 0 saturated heterocycles. The van der Waals surface area contributed by atoms with Gasteiger partial charge in [-0.25, -0.2) is 0 Å². The Labute approximate surface area is 137 Å². The molecular formula is C20H24N2O. The van der Waals surface area contributed by atoms with Crippen molar-refractivity contribution in [3.63, 3.8) is 0 Å². The first-order valence-corrected chi connectivity index (χ1v) is 8.32. The van der Waals surface area contributed by atoms with Gasteiger partial charge in [0.1, 0.15) is 0 Å². The highest BCUT2D eigenvalue weighted by molar-refractivity contribution is 5.94. The van der Waals surface area contributed by atoms with Crippen LogP contribution >= 0.6 is 0 Å². The third-order valence-electron chi connectivity index (χ3n) is 4.83. The fourth-order valence-corrected chi connectivity index (χ4v) is 3.49. The molecule has 0 bridgehead atoms. The molecule has 0 atom stereocenters. The average molecular weight is 308 g/mol. The quantitative estimate of drug-likeness (QED) is 0.906. The molecule has 2 aromatic rings. The lowest BCUT2D eigenvalue weighted by molar-refractivity contribution is 0.0898. The van der Waals surface area contributed by atoms with Crippen LogP contribution in [0.4, 0.5) is 0 Å². The fourth-order valence-electron chi connectivity index (χ4n) is 3.49. The Balaban J connectivity index is 1.85. The average Bonchev–Trinajstić information content (AvgIpc) is 3.04. The van der Waals surface area contributed by atoms with Crippen molar-refractivity contribution >= 4 is 5.91 Å². The van der Waals surface area contributed by atoms with Crippen LogP contribution in [0.5, 0.6) is 0 Å². The second-order valence-electron chi connectivity index (χ2n) is 6.51. The van der Waals surface area contributed by atoms with Gasteiger partial charge in [-0.15, -0.1) is 0 Å². The molecule has 3 rings (SSSR count). The largest absolute Gasteiger partial charge is 0.343 e. The predicted molar refractivity (Wildman–Crippen MR) is 93.1 cm³/mol. The number of hydrogen-bond acceptors (Lipinski definition) is 2. The predicted octanol–water partition coefficient (Wildman–Crippen LogP) is 3.65. The van der Waals surface area contributed by atoms with Crippen LogP contribution in [0, 0.1) is 6.92 Å². The number of hydrogen-bond donors (Lipinski definition) is 2. The van der Waals surface area contributed by atoms with E-state index in [-0.39, 0.29) is 11.4 Å². The third-order valence-corrected chi connectivity index (χ3v) is 4.83. The van der Waals surface area contributed by atoms with Crippen LogP contribution in [0.1, 0.15) is 52.7 Å². The van der Waals surface area contributed by atoms with Crippen molar-refractivity contribution in [3.05, 3.63) is 70.8 Å². The van der Waals surface area contributed by atoms with Crippen LogP contribution in [-0.4, -0.2) is 5.91 Å². The molecule has 1 saturated carbocycles. The molecule has 0 aromatic heterocycles. The number of amides is 1. The Hall–Kier alpha value is -2.13. The van der Waals surface area contributed by atoms with Crippen LogP contribution in [0.15, 0.2) is 48.5 Å². The van der Waals surface area contributed by atoms with Gasteiger partial charge >= 0.3 is 0 Å². The molecule has 3 N–H and O–H groups in total. The number of benzene rings is 2. The van der Waals surface area contributed by atoms with Crippen molar-refractivity contribution in [1.29, 1.82) is 0 Å². The molecule has 0 unspecified atom stereocenters. The summed E-state index contributed by atoms with van der Waals surface area (Å²) in [5.41, 5.74) is 9.58. The van der Waals surface area contributed by atoms with E-state index in [1.54, 1.807) is 0 Å². The molecule has 0 heterocycles. The topological polar surface area (TPSA) is 55.1 Å². The van der Waals surface area contributed by atoms with Gasteiger partial charge in [0.2, 0.25) is 0 Å². The molecule has 0 radical (unpaired) electrons. The number of carbonyl (C=O) groups excluding carboxylic acids is 1. The molecule has 1 fully saturated rings. The molecule has 0 aliphatic heterocycles. The highest BCUT2D eigenvalue weighted by atomic mass is 16.1. The number of nitrogens with two attached hydrogens (primary N) is 1. The molecule has 23 heavy (non-hydrogen) atoms. The van der Waals surface area contributed by atoms with Crippen LogP contribution in [0.3, 0.4) is 0 Å². The fraction of sp³-hybridized carbons (Fsp3) is 0.350. The van der Waals surface area contributed by atoms with E-state index in [1.807, 2.05) is 24.3 Å². The van der Waals surface area contributed by atoms with Gasteiger partial charge in [0.15, 0.2) is 0 Å². The lowest BCUT2D eigenvalue weighted by Crippen LogP contribution is -2.43. The summed E-state index contributed by atoms with van der Waals surface area (Å²) in [5, 5.41) is 3.32. The first-order valence-electron chi connectivity index (χ1n) is 8.32. The van der Waals surface area contributed by atoms with Gasteiger partial charge < -0.3 is 11.1 Å². The van der Waals surface area contributed by atoms with E-state index in [1.165, 1.54) is 11.1 Å². The highest BCUT2D eigenvalue weighted by Gasteiger charge is 2.37. The van der Waals surface area contributed by atoms with E-state index in [2.05, 4.69) is 36.5 Å². The van der Waals surface area contributed by atoms with Crippen LogP contribution in [-0.2, 0) is 12.1 Å². The van der Waals surface area contributed by atoms with E-state index in [4.69, 9.17) is 5.73 Å². The van der Waals surface area contributed by atoms with Crippen LogP contribution in [0.2, 0.25) is 0 Å². The summed E-state index contributed by atoms with van der Waals surface area (Å²) in [7, 11) is 0. The molecule has 120 valence electrons. The van der Waals surface area contributed by atoms with Crippen molar-refractivity contribution in [2.24, 2.45) is 5.73 Å². The Bertz CT molecular complexity index is 685. The molecule has 3 nitrogen and oxygen atoms in total. The van der Waals surface area contributed by atoms with Crippen LogP contribution in [0.25, 0.3) is 0 Å². The zero-order chi connectivity index (χ0) is 16.3. The maximum atomic E-state index is 12.7. The number of carbonyl (C=O) groups is 1. The standard InChI is InChI=1S/C20H24N2O/c1-15-5-4-6-18(13-15)20(11-2-3-12-20)22-19(23)17-9-7-16(14-21)8-10-17/h4-10,13H,2-3,11-12,14,21H2,1H3,(H,22,23). The SMILES string of the molecule is Cc1cccc(C2(NC(=O)c3ccc(CN)cc3)CCCC2)c1.